The van der Waals surface area contributed by atoms with E-state index in [-0.39, 0.29) is 17.9 Å². The Kier molecular flexibility index (Phi) is 3.86. The summed E-state index contributed by atoms with van der Waals surface area (Å²) in [6, 6.07) is 15.7. The van der Waals surface area contributed by atoms with Gasteiger partial charge in [0, 0.05) is 42.4 Å². The molecule has 140 valence electrons. The van der Waals surface area contributed by atoms with Crippen molar-refractivity contribution in [1.29, 1.82) is 0 Å². The third-order valence-electron chi connectivity index (χ3n) is 5.35. The van der Waals surface area contributed by atoms with Crippen molar-refractivity contribution in [3.63, 3.8) is 0 Å². The number of fused-ring (bicyclic) bond motifs is 1. The van der Waals surface area contributed by atoms with Crippen LogP contribution < -0.4 is 15.5 Å². The number of hydrogen-bond donors (Lipinski definition) is 3. The SMILES string of the molecule is O=C1CC(c2cn[nH]c2-c2ccccc2)c2ccc(N3CCNC3=O)cc2N1. The quantitative estimate of drug-likeness (QED) is 0.659. The number of rotatable bonds is 3. The molecule has 7 heteroatoms. The van der Waals surface area contributed by atoms with Crippen LogP contribution in [0.1, 0.15) is 23.5 Å². The van der Waals surface area contributed by atoms with E-state index in [9.17, 15) is 9.59 Å². The predicted molar refractivity (Wildman–Crippen MR) is 106 cm³/mol. The molecule has 1 atom stereocenters. The summed E-state index contributed by atoms with van der Waals surface area (Å²) in [5.74, 6) is -0.139. The highest BCUT2D eigenvalue weighted by atomic mass is 16.2. The molecule has 28 heavy (non-hydrogen) atoms. The average Bonchev–Trinajstić information content (AvgIpc) is 3.36. The fourth-order valence-electron chi connectivity index (χ4n) is 4.01. The molecule has 2 aliphatic heterocycles. The Labute approximate surface area is 161 Å². The number of amides is 3. The molecule has 3 N–H and O–H groups in total. The number of nitrogens with zero attached hydrogens (tertiary/aromatic N) is 2. The maximum Gasteiger partial charge on any atom is 0.321 e. The minimum Gasteiger partial charge on any atom is -0.336 e. The Balaban J connectivity index is 1.56. The van der Waals surface area contributed by atoms with Crippen LogP contribution in [0.25, 0.3) is 11.3 Å². The minimum absolute atomic E-state index is 0.0410. The molecule has 1 saturated heterocycles. The maximum atomic E-state index is 12.4. The molecule has 2 aromatic carbocycles. The molecule has 7 nitrogen and oxygen atoms in total. The highest BCUT2D eigenvalue weighted by molar-refractivity contribution is 5.99. The van der Waals surface area contributed by atoms with Crippen LogP contribution in [-0.4, -0.2) is 35.2 Å². The number of carbonyl (C=O) groups is 2. The van der Waals surface area contributed by atoms with Gasteiger partial charge in [-0.25, -0.2) is 4.79 Å². The van der Waals surface area contributed by atoms with E-state index in [1.807, 2.05) is 48.5 Å². The normalized spacial score (nSPS) is 18.6. The Morgan fingerprint density at radius 3 is 2.68 bits per heavy atom. The maximum absolute atomic E-state index is 12.4. The first kappa shape index (κ1) is 16.6. The van der Waals surface area contributed by atoms with Crippen molar-refractivity contribution in [2.24, 2.45) is 0 Å². The zero-order valence-corrected chi connectivity index (χ0v) is 15.1. The van der Waals surface area contributed by atoms with E-state index in [4.69, 9.17) is 0 Å². The van der Waals surface area contributed by atoms with Gasteiger partial charge in [-0.2, -0.15) is 5.10 Å². The molecule has 5 rings (SSSR count). The van der Waals surface area contributed by atoms with Gasteiger partial charge in [-0.1, -0.05) is 36.4 Å². The van der Waals surface area contributed by atoms with Crippen LogP contribution in [0.5, 0.6) is 0 Å². The molecule has 0 bridgehead atoms. The van der Waals surface area contributed by atoms with Crippen LogP contribution in [0.15, 0.2) is 54.7 Å². The van der Waals surface area contributed by atoms with Gasteiger partial charge in [-0.15, -0.1) is 0 Å². The van der Waals surface area contributed by atoms with E-state index in [2.05, 4.69) is 20.8 Å². The van der Waals surface area contributed by atoms with Gasteiger partial charge in [0.15, 0.2) is 0 Å². The second kappa shape index (κ2) is 6.53. The largest absolute Gasteiger partial charge is 0.336 e. The van der Waals surface area contributed by atoms with E-state index >= 15 is 0 Å². The number of aromatic amines is 1. The lowest BCUT2D eigenvalue weighted by molar-refractivity contribution is -0.116. The Bertz CT molecular complexity index is 1060. The molecule has 3 aromatic rings. The lowest BCUT2D eigenvalue weighted by Gasteiger charge is -2.27. The van der Waals surface area contributed by atoms with Gasteiger partial charge >= 0.3 is 6.03 Å². The topological polar surface area (TPSA) is 90.1 Å². The number of aromatic nitrogens is 2. The number of H-pyrrole nitrogens is 1. The molecule has 0 radical (unpaired) electrons. The summed E-state index contributed by atoms with van der Waals surface area (Å²) in [7, 11) is 0. The van der Waals surface area contributed by atoms with Crippen molar-refractivity contribution in [2.75, 3.05) is 23.3 Å². The summed E-state index contributed by atoms with van der Waals surface area (Å²) in [6.07, 6.45) is 2.16. The molecular formula is C21H19N5O2. The molecular weight excluding hydrogens is 354 g/mol. The number of urea groups is 1. The summed E-state index contributed by atoms with van der Waals surface area (Å²) in [4.78, 5) is 26.1. The Morgan fingerprint density at radius 2 is 1.89 bits per heavy atom. The Hall–Kier alpha value is -3.61. The molecule has 1 unspecified atom stereocenters. The van der Waals surface area contributed by atoms with Crippen molar-refractivity contribution in [3.05, 3.63) is 65.9 Å². The minimum atomic E-state index is -0.111. The van der Waals surface area contributed by atoms with Gasteiger partial charge in [-0.05, 0) is 23.3 Å². The molecule has 1 fully saturated rings. The van der Waals surface area contributed by atoms with Crippen molar-refractivity contribution >= 4 is 23.3 Å². The first-order valence-electron chi connectivity index (χ1n) is 9.28. The van der Waals surface area contributed by atoms with Crippen molar-refractivity contribution in [3.8, 4) is 11.3 Å². The summed E-state index contributed by atoms with van der Waals surface area (Å²) >= 11 is 0. The van der Waals surface area contributed by atoms with E-state index in [0.29, 0.717) is 19.5 Å². The first-order chi connectivity index (χ1) is 13.7. The highest BCUT2D eigenvalue weighted by Gasteiger charge is 2.31. The van der Waals surface area contributed by atoms with Crippen molar-refractivity contribution in [2.45, 2.75) is 12.3 Å². The van der Waals surface area contributed by atoms with Gasteiger partial charge in [0.2, 0.25) is 5.91 Å². The fourth-order valence-corrected chi connectivity index (χ4v) is 4.01. The van der Waals surface area contributed by atoms with Gasteiger partial charge in [0.1, 0.15) is 0 Å². The van der Waals surface area contributed by atoms with Crippen LogP contribution in [0.2, 0.25) is 0 Å². The summed E-state index contributed by atoms with van der Waals surface area (Å²) in [6.45, 7) is 1.25. The summed E-state index contributed by atoms with van der Waals surface area (Å²) in [5.41, 5.74) is 5.52. The summed E-state index contributed by atoms with van der Waals surface area (Å²) < 4.78 is 0. The number of carbonyl (C=O) groups excluding carboxylic acids is 2. The van der Waals surface area contributed by atoms with Crippen molar-refractivity contribution in [1.82, 2.24) is 15.5 Å². The van der Waals surface area contributed by atoms with Crippen LogP contribution in [0.4, 0.5) is 16.2 Å². The second-order valence-corrected chi connectivity index (χ2v) is 7.03. The van der Waals surface area contributed by atoms with Gasteiger partial charge < -0.3 is 10.6 Å². The third-order valence-corrected chi connectivity index (χ3v) is 5.35. The lowest BCUT2D eigenvalue weighted by atomic mass is 9.84. The summed E-state index contributed by atoms with van der Waals surface area (Å²) in [5, 5.41) is 13.1. The molecule has 0 saturated carbocycles. The molecule has 3 amide bonds. The lowest BCUT2D eigenvalue weighted by Crippen LogP contribution is -2.28. The monoisotopic (exact) mass is 373 g/mol. The second-order valence-electron chi connectivity index (χ2n) is 7.03. The molecule has 0 spiro atoms. The predicted octanol–water partition coefficient (Wildman–Crippen LogP) is 3.08. The van der Waals surface area contributed by atoms with Crippen LogP contribution in [-0.2, 0) is 4.79 Å². The molecule has 3 heterocycles. The number of benzene rings is 2. The van der Waals surface area contributed by atoms with E-state index in [1.54, 1.807) is 11.1 Å². The fraction of sp³-hybridized carbons (Fsp3) is 0.190. The molecule has 2 aliphatic rings. The molecule has 0 aliphatic carbocycles. The molecule has 1 aromatic heterocycles. The first-order valence-corrected chi connectivity index (χ1v) is 9.28. The van der Waals surface area contributed by atoms with E-state index in [1.165, 1.54) is 0 Å². The van der Waals surface area contributed by atoms with Crippen molar-refractivity contribution < 1.29 is 9.59 Å². The zero-order chi connectivity index (χ0) is 19.1. The Morgan fingerprint density at radius 1 is 1.04 bits per heavy atom. The smallest absolute Gasteiger partial charge is 0.321 e. The van der Waals surface area contributed by atoms with E-state index in [0.717, 1.165) is 33.8 Å². The highest BCUT2D eigenvalue weighted by Crippen LogP contribution is 2.41. The average molecular weight is 373 g/mol. The van der Waals surface area contributed by atoms with Crippen LogP contribution in [0.3, 0.4) is 0 Å². The van der Waals surface area contributed by atoms with E-state index < -0.39 is 0 Å². The van der Waals surface area contributed by atoms with Crippen LogP contribution in [0, 0.1) is 0 Å². The zero-order valence-electron chi connectivity index (χ0n) is 15.1. The van der Waals surface area contributed by atoms with Gasteiger partial charge in [-0.3, -0.25) is 14.8 Å². The third kappa shape index (κ3) is 2.72. The number of hydrogen-bond acceptors (Lipinski definition) is 3. The van der Waals surface area contributed by atoms with Crippen LogP contribution >= 0.6 is 0 Å². The standard InChI is InChI=1S/C21H19N5O2/c27-19-11-16(17-12-23-25-20(17)13-4-2-1-3-5-13)15-7-6-14(10-18(15)24-19)26-9-8-22-21(26)28/h1-7,10,12,16H,8-9,11H2,(H,22,28)(H,23,25)(H,24,27). The van der Waals surface area contributed by atoms with Gasteiger partial charge in [0.25, 0.3) is 0 Å². The van der Waals surface area contributed by atoms with Gasteiger partial charge in [0.05, 0.1) is 11.9 Å². The number of nitrogens with one attached hydrogen (secondary N) is 3. The number of anilines is 2.